The molecule has 3 atom stereocenters. The lowest BCUT2D eigenvalue weighted by Gasteiger charge is -2.22. The molecule has 0 radical (unpaired) electrons. The molecule has 0 heterocycles. The Morgan fingerprint density at radius 3 is 2.50 bits per heavy atom. The molecular formula is C9H18N2O. The summed E-state index contributed by atoms with van der Waals surface area (Å²) >= 11 is 0. The number of carbonyl (C=O) groups is 1. The van der Waals surface area contributed by atoms with Crippen molar-refractivity contribution < 1.29 is 4.79 Å². The van der Waals surface area contributed by atoms with Crippen LogP contribution < -0.4 is 11.5 Å². The number of rotatable bonds is 1. The van der Waals surface area contributed by atoms with Gasteiger partial charge in [0.1, 0.15) is 0 Å². The van der Waals surface area contributed by atoms with Gasteiger partial charge in [0.2, 0.25) is 5.91 Å². The van der Waals surface area contributed by atoms with E-state index >= 15 is 0 Å². The number of primary amides is 1. The molecule has 3 nitrogen and oxygen atoms in total. The Balaban J connectivity index is 2.64. The van der Waals surface area contributed by atoms with Gasteiger partial charge in [-0.2, -0.15) is 0 Å². The van der Waals surface area contributed by atoms with Crippen molar-refractivity contribution in [3.63, 3.8) is 0 Å². The second-order valence-electron chi connectivity index (χ2n) is 3.82. The Morgan fingerprint density at radius 1 is 1.33 bits per heavy atom. The minimum absolute atomic E-state index is 0.00231. The number of hydrogen-bond donors (Lipinski definition) is 2. The number of amides is 1. The maximum absolute atomic E-state index is 11.0. The van der Waals surface area contributed by atoms with Crippen molar-refractivity contribution in [2.45, 2.75) is 38.6 Å². The summed E-state index contributed by atoms with van der Waals surface area (Å²) in [6.07, 6.45) is 4.18. The van der Waals surface area contributed by atoms with Gasteiger partial charge in [-0.05, 0) is 18.8 Å². The molecule has 0 aliphatic heterocycles. The third-order valence-electron chi connectivity index (χ3n) is 2.98. The number of carbonyl (C=O) groups excluding carboxylic acids is 1. The van der Waals surface area contributed by atoms with E-state index in [2.05, 4.69) is 0 Å². The molecule has 1 saturated carbocycles. The highest BCUT2D eigenvalue weighted by atomic mass is 16.1. The van der Waals surface area contributed by atoms with Crippen LogP contribution in [0.4, 0.5) is 0 Å². The lowest BCUT2D eigenvalue weighted by molar-refractivity contribution is -0.123. The second kappa shape index (κ2) is 3.90. The van der Waals surface area contributed by atoms with Gasteiger partial charge < -0.3 is 11.5 Å². The van der Waals surface area contributed by atoms with Crippen LogP contribution in [-0.4, -0.2) is 11.9 Å². The van der Waals surface area contributed by atoms with E-state index < -0.39 is 0 Å². The van der Waals surface area contributed by atoms with Gasteiger partial charge in [0.05, 0.1) is 0 Å². The zero-order chi connectivity index (χ0) is 9.14. The lowest BCUT2D eigenvalue weighted by atomic mass is 9.86. The molecule has 4 N–H and O–H groups in total. The summed E-state index contributed by atoms with van der Waals surface area (Å²) in [5.74, 6) is 0.0762. The summed E-state index contributed by atoms with van der Waals surface area (Å²) in [6.45, 7) is 2.03. The topological polar surface area (TPSA) is 69.1 Å². The molecule has 3 heteroatoms. The van der Waals surface area contributed by atoms with Gasteiger partial charge in [-0.3, -0.25) is 4.79 Å². The van der Waals surface area contributed by atoms with Crippen molar-refractivity contribution in [2.24, 2.45) is 23.3 Å². The average molecular weight is 170 g/mol. The molecule has 0 saturated heterocycles. The molecule has 1 fully saturated rings. The Labute approximate surface area is 73.5 Å². The first-order chi connectivity index (χ1) is 5.63. The maximum atomic E-state index is 11.0. The summed E-state index contributed by atoms with van der Waals surface area (Å²) < 4.78 is 0. The van der Waals surface area contributed by atoms with Gasteiger partial charge in [-0.25, -0.2) is 0 Å². The second-order valence-corrected chi connectivity index (χ2v) is 3.82. The average Bonchev–Trinajstić information content (AvgIpc) is 2.15. The SMILES string of the molecule is CC1C(N)CCCCC1C(N)=O. The lowest BCUT2D eigenvalue weighted by Crippen LogP contribution is -2.37. The molecule has 12 heavy (non-hydrogen) atoms. The predicted octanol–water partition coefficient (Wildman–Crippen LogP) is 0.625. The van der Waals surface area contributed by atoms with Gasteiger partial charge in [0.15, 0.2) is 0 Å². The van der Waals surface area contributed by atoms with Gasteiger partial charge >= 0.3 is 0 Å². The van der Waals surface area contributed by atoms with Crippen molar-refractivity contribution >= 4 is 5.91 Å². The summed E-state index contributed by atoms with van der Waals surface area (Å²) in [6, 6.07) is 0.157. The summed E-state index contributed by atoms with van der Waals surface area (Å²) in [5, 5.41) is 0. The molecular weight excluding hydrogens is 152 g/mol. The fourth-order valence-corrected chi connectivity index (χ4v) is 1.97. The highest BCUT2D eigenvalue weighted by Crippen LogP contribution is 2.27. The number of hydrogen-bond acceptors (Lipinski definition) is 2. The third-order valence-corrected chi connectivity index (χ3v) is 2.98. The molecule has 1 aliphatic carbocycles. The van der Waals surface area contributed by atoms with Gasteiger partial charge in [0.25, 0.3) is 0 Å². The van der Waals surface area contributed by atoms with E-state index in [-0.39, 0.29) is 23.8 Å². The fraction of sp³-hybridized carbons (Fsp3) is 0.889. The zero-order valence-corrected chi connectivity index (χ0v) is 7.62. The Morgan fingerprint density at radius 2 is 1.92 bits per heavy atom. The Kier molecular flexibility index (Phi) is 3.09. The molecule has 0 aromatic heterocycles. The van der Waals surface area contributed by atoms with Crippen LogP contribution in [0.1, 0.15) is 32.6 Å². The summed E-state index contributed by atoms with van der Waals surface area (Å²) in [4.78, 5) is 11.0. The summed E-state index contributed by atoms with van der Waals surface area (Å²) in [5.41, 5.74) is 11.2. The first-order valence-electron chi connectivity index (χ1n) is 4.68. The highest BCUT2D eigenvalue weighted by Gasteiger charge is 2.29. The van der Waals surface area contributed by atoms with Crippen LogP contribution in [0.25, 0.3) is 0 Å². The molecule has 0 aromatic rings. The van der Waals surface area contributed by atoms with Crippen molar-refractivity contribution in [3.8, 4) is 0 Å². The van der Waals surface area contributed by atoms with E-state index in [1.165, 1.54) is 0 Å². The van der Waals surface area contributed by atoms with Crippen molar-refractivity contribution in [2.75, 3.05) is 0 Å². The van der Waals surface area contributed by atoms with E-state index in [9.17, 15) is 4.79 Å². The predicted molar refractivity (Wildman–Crippen MR) is 48.3 cm³/mol. The molecule has 0 spiro atoms. The standard InChI is InChI=1S/C9H18N2O/c1-6-7(9(11)12)4-2-3-5-8(6)10/h6-8H,2-5,10H2,1H3,(H2,11,12). The van der Waals surface area contributed by atoms with E-state index in [1.54, 1.807) is 0 Å². The Hall–Kier alpha value is -0.570. The first-order valence-corrected chi connectivity index (χ1v) is 4.68. The monoisotopic (exact) mass is 170 g/mol. The molecule has 0 bridgehead atoms. The van der Waals surface area contributed by atoms with Crippen LogP contribution in [-0.2, 0) is 4.79 Å². The first kappa shape index (κ1) is 9.52. The van der Waals surface area contributed by atoms with Crippen molar-refractivity contribution in [1.82, 2.24) is 0 Å². The van der Waals surface area contributed by atoms with E-state index in [4.69, 9.17) is 11.5 Å². The highest BCUT2D eigenvalue weighted by molar-refractivity contribution is 5.77. The van der Waals surface area contributed by atoms with Crippen LogP contribution in [0, 0.1) is 11.8 Å². The Bertz CT molecular complexity index is 170. The van der Waals surface area contributed by atoms with Crippen LogP contribution in [0.2, 0.25) is 0 Å². The van der Waals surface area contributed by atoms with Crippen molar-refractivity contribution in [3.05, 3.63) is 0 Å². The molecule has 70 valence electrons. The fourth-order valence-electron chi connectivity index (χ4n) is 1.97. The van der Waals surface area contributed by atoms with Crippen molar-refractivity contribution in [1.29, 1.82) is 0 Å². The minimum atomic E-state index is -0.181. The van der Waals surface area contributed by atoms with Gasteiger partial charge in [-0.15, -0.1) is 0 Å². The molecule has 0 aromatic carbocycles. The smallest absolute Gasteiger partial charge is 0.220 e. The van der Waals surface area contributed by atoms with Crippen LogP contribution in [0.15, 0.2) is 0 Å². The van der Waals surface area contributed by atoms with Gasteiger partial charge in [0, 0.05) is 12.0 Å². The quantitative estimate of drug-likeness (QED) is 0.566. The summed E-state index contributed by atoms with van der Waals surface area (Å²) in [7, 11) is 0. The van der Waals surface area contributed by atoms with Gasteiger partial charge in [-0.1, -0.05) is 19.8 Å². The van der Waals surface area contributed by atoms with Crippen LogP contribution in [0.3, 0.4) is 0 Å². The van der Waals surface area contributed by atoms with E-state index in [0.29, 0.717) is 0 Å². The zero-order valence-electron chi connectivity index (χ0n) is 7.62. The largest absolute Gasteiger partial charge is 0.369 e. The maximum Gasteiger partial charge on any atom is 0.220 e. The normalized spacial score (nSPS) is 37.3. The van der Waals surface area contributed by atoms with E-state index in [1.807, 2.05) is 6.92 Å². The molecule has 3 unspecified atom stereocenters. The van der Waals surface area contributed by atoms with Crippen LogP contribution >= 0.6 is 0 Å². The van der Waals surface area contributed by atoms with E-state index in [0.717, 1.165) is 25.7 Å². The minimum Gasteiger partial charge on any atom is -0.369 e. The molecule has 1 rings (SSSR count). The molecule has 1 aliphatic rings. The third kappa shape index (κ3) is 1.97. The van der Waals surface area contributed by atoms with Crippen LogP contribution in [0.5, 0.6) is 0 Å². The number of nitrogens with two attached hydrogens (primary N) is 2. The molecule has 1 amide bonds.